The van der Waals surface area contributed by atoms with E-state index in [0.29, 0.717) is 0 Å². The lowest BCUT2D eigenvalue weighted by Crippen LogP contribution is -2.37. The predicted molar refractivity (Wildman–Crippen MR) is 39.6 cm³/mol. The molecule has 60 valence electrons. The summed E-state index contributed by atoms with van der Waals surface area (Å²) in [6.07, 6.45) is 4.90. The summed E-state index contributed by atoms with van der Waals surface area (Å²) in [5, 5.41) is 7.00. The Labute approximate surface area is 61.2 Å². The summed E-state index contributed by atoms with van der Waals surface area (Å²) >= 11 is 0. The van der Waals surface area contributed by atoms with Gasteiger partial charge in [0.25, 0.3) is 0 Å². The van der Waals surface area contributed by atoms with Gasteiger partial charge in [-0.05, 0) is 12.8 Å². The average molecular weight is 145 g/mol. The molecule has 1 aliphatic carbocycles. The minimum absolute atomic E-state index is 0.444. The van der Waals surface area contributed by atoms with Crippen molar-refractivity contribution in [1.29, 1.82) is 0 Å². The molecule has 3 N–H and O–H groups in total. The highest BCUT2D eigenvalue weighted by molar-refractivity contribution is 5.64. The number of aliphatic hydroxyl groups is 1. The van der Waals surface area contributed by atoms with E-state index in [1.165, 1.54) is 0 Å². The number of aliphatic hydroxyl groups excluding tert-OH is 1. The van der Waals surface area contributed by atoms with Gasteiger partial charge in [-0.3, -0.25) is 0 Å². The fraction of sp³-hybridized carbons (Fsp3) is 0.857. The van der Waals surface area contributed by atoms with Gasteiger partial charge >= 0.3 is 0 Å². The molecule has 1 saturated carbocycles. The molecule has 0 aromatic rings. The van der Waals surface area contributed by atoms with Crippen molar-refractivity contribution in [1.82, 2.24) is 0 Å². The Morgan fingerprint density at radius 2 is 1.80 bits per heavy atom. The van der Waals surface area contributed by atoms with Gasteiger partial charge in [-0.1, -0.05) is 12.8 Å². The number of nitrogens with two attached hydrogens (primary N) is 1. The van der Waals surface area contributed by atoms with Gasteiger partial charge in [0.05, 0.1) is 5.54 Å². The first kappa shape index (κ1) is 9.59. The van der Waals surface area contributed by atoms with Crippen LogP contribution in [0.15, 0.2) is 0 Å². The van der Waals surface area contributed by atoms with Crippen LogP contribution in [0.5, 0.6) is 0 Å². The van der Waals surface area contributed by atoms with Gasteiger partial charge in [-0.15, -0.1) is 0 Å². The molecular formula is C7H15NO2. The molecule has 0 radical (unpaired) electrons. The molecule has 10 heavy (non-hydrogen) atoms. The van der Waals surface area contributed by atoms with E-state index >= 15 is 0 Å². The van der Waals surface area contributed by atoms with Crippen LogP contribution in [-0.4, -0.2) is 24.0 Å². The molecule has 3 heteroatoms. The van der Waals surface area contributed by atoms with E-state index in [4.69, 9.17) is 10.8 Å². The Hall–Kier alpha value is -0.410. The zero-order valence-electron chi connectivity index (χ0n) is 6.34. The topological polar surface area (TPSA) is 63.3 Å². The van der Waals surface area contributed by atoms with E-state index in [0.717, 1.165) is 39.1 Å². The molecule has 0 saturated heterocycles. The number of hydrogen-bond donors (Lipinski definition) is 2. The molecule has 0 unspecified atom stereocenters. The third-order valence-electron chi connectivity index (χ3n) is 1.77. The second kappa shape index (κ2) is 4.41. The largest absolute Gasteiger partial charge is 0.400 e. The van der Waals surface area contributed by atoms with Crippen molar-refractivity contribution in [2.24, 2.45) is 5.73 Å². The SMILES string of the molecule is CO.NC1(C=O)CCCC1. The fourth-order valence-electron chi connectivity index (χ4n) is 1.15. The summed E-state index contributed by atoms with van der Waals surface area (Å²) in [5.74, 6) is 0. The first-order valence-corrected chi connectivity index (χ1v) is 3.47. The van der Waals surface area contributed by atoms with Crippen LogP contribution < -0.4 is 5.73 Å². The quantitative estimate of drug-likeness (QED) is 0.513. The molecule has 0 aromatic heterocycles. The molecule has 0 spiro atoms. The first-order valence-electron chi connectivity index (χ1n) is 3.47. The summed E-state index contributed by atoms with van der Waals surface area (Å²) in [6.45, 7) is 0. The van der Waals surface area contributed by atoms with E-state index < -0.39 is 5.54 Å². The van der Waals surface area contributed by atoms with Crippen LogP contribution in [0.1, 0.15) is 25.7 Å². The standard InChI is InChI=1S/C6H11NO.CH4O/c7-6(5-8)3-1-2-4-6;1-2/h5H,1-4,7H2;2H,1H3. The number of aldehydes is 1. The lowest BCUT2D eigenvalue weighted by Gasteiger charge is -2.12. The van der Waals surface area contributed by atoms with Crippen molar-refractivity contribution in [3.8, 4) is 0 Å². The first-order chi connectivity index (χ1) is 4.77. The van der Waals surface area contributed by atoms with E-state index in [1.807, 2.05) is 0 Å². The summed E-state index contributed by atoms with van der Waals surface area (Å²) in [7, 11) is 1.00. The van der Waals surface area contributed by atoms with E-state index in [2.05, 4.69) is 0 Å². The molecule has 0 atom stereocenters. The maximum atomic E-state index is 10.2. The Kier molecular flexibility index (Phi) is 4.23. The minimum Gasteiger partial charge on any atom is -0.400 e. The highest BCUT2D eigenvalue weighted by Gasteiger charge is 2.27. The molecule has 1 rings (SSSR count). The summed E-state index contributed by atoms with van der Waals surface area (Å²) < 4.78 is 0. The highest BCUT2D eigenvalue weighted by atomic mass is 16.2. The molecule has 0 bridgehead atoms. The van der Waals surface area contributed by atoms with Gasteiger partial charge in [0.2, 0.25) is 0 Å². The fourth-order valence-corrected chi connectivity index (χ4v) is 1.15. The van der Waals surface area contributed by atoms with Crippen LogP contribution in [0.25, 0.3) is 0 Å². The van der Waals surface area contributed by atoms with Gasteiger partial charge in [0.1, 0.15) is 6.29 Å². The molecular weight excluding hydrogens is 130 g/mol. The lowest BCUT2D eigenvalue weighted by atomic mass is 10.0. The molecule has 3 nitrogen and oxygen atoms in total. The molecule has 0 heterocycles. The summed E-state index contributed by atoms with van der Waals surface area (Å²) in [4.78, 5) is 10.2. The van der Waals surface area contributed by atoms with Gasteiger partial charge in [-0.25, -0.2) is 0 Å². The Morgan fingerprint density at radius 1 is 1.40 bits per heavy atom. The van der Waals surface area contributed by atoms with Crippen molar-refractivity contribution >= 4 is 6.29 Å². The molecule has 1 fully saturated rings. The Bertz CT molecular complexity index is 97.8. The van der Waals surface area contributed by atoms with Crippen molar-refractivity contribution in [2.75, 3.05) is 7.11 Å². The van der Waals surface area contributed by atoms with Crippen LogP contribution >= 0.6 is 0 Å². The zero-order chi connectivity index (χ0) is 8.04. The van der Waals surface area contributed by atoms with E-state index in [9.17, 15) is 4.79 Å². The van der Waals surface area contributed by atoms with Gasteiger partial charge in [0.15, 0.2) is 0 Å². The number of rotatable bonds is 1. The van der Waals surface area contributed by atoms with Crippen LogP contribution in [0.2, 0.25) is 0 Å². The van der Waals surface area contributed by atoms with Crippen molar-refractivity contribution in [2.45, 2.75) is 31.2 Å². The smallest absolute Gasteiger partial charge is 0.139 e. The van der Waals surface area contributed by atoms with Crippen molar-refractivity contribution in [3.63, 3.8) is 0 Å². The minimum atomic E-state index is -0.444. The third-order valence-corrected chi connectivity index (χ3v) is 1.77. The maximum Gasteiger partial charge on any atom is 0.139 e. The number of hydrogen-bond acceptors (Lipinski definition) is 3. The zero-order valence-corrected chi connectivity index (χ0v) is 6.34. The van der Waals surface area contributed by atoms with Gasteiger partial charge in [0, 0.05) is 7.11 Å². The highest BCUT2D eigenvalue weighted by Crippen LogP contribution is 2.24. The average Bonchev–Trinajstić information content (AvgIpc) is 2.42. The van der Waals surface area contributed by atoms with E-state index in [-0.39, 0.29) is 0 Å². The Balaban J connectivity index is 0.000000371. The molecule has 0 amide bonds. The van der Waals surface area contributed by atoms with Crippen LogP contribution in [-0.2, 0) is 4.79 Å². The maximum absolute atomic E-state index is 10.2. The monoisotopic (exact) mass is 145 g/mol. The predicted octanol–water partition coefficient (Wildman–Crippen LogP) is 0.0653. The summed E-state index contributed by atoms with van der Waals surface area (Å²) in [6, 6.07) is 0. The molecule has 0 aliphatic heterocycles. The van der Waals surface area contributed by atoms with Crippen LogP contribution in [0, 0.1) is 0 Å². The molecule has 0 aromatic carbocycles. The van der Waals surface area contributed by atoms with E-state index in [1.54, 1.807) is 0 Å². The summed E-state index contributed by atoms with van der Waals surface area (Å²) in [5.41, 5.74) is 5.15. The van der Waals surface area contributed by atoms with Crippen LogP contribution in [0.4, 0.5) is 0 Å². The number of carbonyl (C=O) groups excluding carboxylic acids is 1. The van der Waals surface area contributed by atoms with Crippen molar-refractivity contribution in [3.05, 3.63) is 0 Å². The normalized spacial score (nSPS) is 21.1. The second-order valence-corrected chi connectivity index (χ2v) is 2.56. The number of carbonyl (C=O) groups is 1. The van der Waals surface area contributed by atoms with Gasteiger partial charge in [-0.2, -0.15) is 0 Å². The second-order valence-electron chi connectivity index (χ2n) is 2.56. The van der Waals surface area contributed by atoms with Crippen molar-refractivity contribution < 1.29 is 9.90 Å². The lowest BCUT2D eigenvalue weighted by molar-refractivity contribution is -0.112. The van der Waals surface area contributed by atoms with Gasteiger partial charge < -0.3 is 15.6 Å². The Morgan fingerprint density at radius 3 is 2.00 bits per heavy atom. The third kappa shape index (κ3) is 2.45. The molecule has 1 aliphatic rings. The van der Waals surface area contributed by atoms with Crippen LogP contribution in [0.3, 0.4) is 0 Å².